The molecule has 4 aliphatic rings. The maximum atomic E-state index is 15.7. The molecule has 2 saturated carbocycles. The molecule has 0 bridgehead atoms. The lowest BCUT2D eigenvalue weighted by Gasteiger charge is -2.45. The van der Waals surface area contributed by atoms with Gasteiger partial charge in [-0.2, -0.15) is 0 Å². The van der Waals surface area contributed by atoms with Gasteiger partial charge < -0.3 is 24.2 Å². The molecule has 1 N–H and O–H groups in total. The Labute approximate surface area is 249 Å². The maximum absolute atomic E-state index is 15.7. The number of hydrogen-bond acceptors (Lipinski definition) is 6. The van der Waals surface area contributed by atoms with Crippen LogP contribution in [0.15, 0.2) is 6.07 Å². The van der Waals surface area contributed by atoms with Crippen LogP contribution in [-0.2, 0) is 34.5 Å². The Morgan fingerprint density at radius 2 is 2.00 bits per heavy atom. The summed E-state index contributed by atoms with van der Waals surface area (Å²) in [6.07, 6.45) is 5.17. The van der Waals surface area contributed by atoms with E-state index >= 15 is 4.39 Å². The minimum atomic E-state index is -1.20. The van der Waals surface area contributed by atoms with Crippen molar-refractivity contribution in [2.45, 2.75) is 77.9 Å². The molecule has 12 heteroatoms. The van der Waals surface area contributed by atoms with E-state index < -0.39 is 29.2 Å². The Hall–Kier alpha value is -3.21. The van der Waals surface area contributed by atoms with E-state index in [1.807, 2.05) is 0 Å². The van der Waals surface area contributed by atoms with Crippen LogP contribution in [0.25, 0.3) is 0 Å². The van der Waals surface area contributed by atoms with Crippen molar-refractivity contribution in [2.75, 3.05) is 19.6 Å². The van der Waals surface area contributed by atoms with E-state index in [0.29, 0.717) is 55.0 Å². The van der Waals surface area contributed by atoms with E-state index in [1.54, 1.807) is 35.3 Å². The van der Waals surface area contributed by atoms with Gasteiger partial charge in [-0.05, 0) is 63.0 Å². The normalized spacial score (nSPS) is 26.5. The van der Waals surface area contributed by atoms with Gasteiger partial charge in [0.2, 0.25) is 11.8 Å². The number of aryl methyl sites for hydroxylation is 1. The number of rotatable bonds is 7. The van der Waals surface area contributed by atoms with Gasteiger partial charge in [0.25, 0.3) is 0 Å². The van der Waals surface area contributed by atoms with E-state index in [4.69, 9.17) is 16.3 Å². The molecule has 1 aromatic heterocycles. The molecule has 2 aliphatic heterocycles. The number of aromatic nitrogens is 3. The highest BCUT2D eigenvalue weighted by Gasteiger charge is 2.54. The molecule has 0 unspecified atom stereocenters. The van der Waals surface area contributed by atoms with Crippen LogP contribution in [-0.4, -0.2) is 67.1 Å². The third-order valence-electron chi connectivity index (χ3n) is 10.2. The predicted molar refractivity (Wildman–Crippen MR) is 150 cm³/mol. The fourth-order valence-electron chi connectivity index (χ4n) is 7.18. The molecule has 2 aliphatic carbocycles. The second-order valence-corrected chi connectivity index (χ2v) is 13.2. The van der Waals surface area contributed by atoms with Crippen molar-refractivity contribution < 1.29 is 28.6 Å². The minimum Gasteiger partial charge on any atom is -0.482 e. The van der Waals surface area contributed by atoms with Crippen molar-refractivity contribution in [1.29, 1.82) is 0 Å². The minimum absolute atomic E-state index is 0.00333. The van der Waals surface area contributed by atoms with Crippen molar-refractivity contribution in [3.8, 4) is 5.75 Å². The van der Waals surface area contributed by atoms with Crippen LogP contribution in [0.1, 0.15) is 80.7 Å². The molecule has 226 valence electrons. The van der Waals surface area contributed by atoms with Crippen molar-refractivity contribution >= 4 is 29.4 Å². The molecule has 3 heterocycles. The van der Waals surface area contributed by atoms with Gasteiger partial charge in [0.05, 0.1) is 17.4 Å². The summed E-state index contributed by atoms with van der Waals surface area (Å²) < 4.78 is 23.6. The summed E-state index contributed by atoms with van der Waals surface area (Å²) in [4.78, 5) is 43.4. The van der Waals surface area contributed by atoms with Gasteiger partial charge >= 0.3 is 5.97 Å². The zero-order valence-electron chi connectivity index (χ0n) is 24.3. The number of benzene rings is 1. The number of ether oxygens (including phenoxy) is 1. The zero-order valence-corrected chi connectivity index (χ0v) is 25.0. The molecule has 42 heavy (non-hydrogen) atoms. The van der Waals surface area contributed by atoms with Crippen molar-refractivity contribution in [1.82, 2.24) is 24.6 Å². The van der Waals surface area contributed by atoms with Crippen LogP contribution < -0.4 is 4.74 Å². The predicted octanol–water partition coefficient (Wildman–Crippen LogP) is 4.21. The quantitative estimate of drug-likeness (QED) is 0.505. The van der Waals surface area contributed by atoms with E-state index in [1.165, 1.54) is 6.07 Å². The summed E-state index contributed by atoms with van der Waals surface area (Å²) in [5, 5.41) is 18.6. The third-order valence-corrected chi connectivity index (χ3v) is 10.5. The zero-order chi connectivity index (χ0) is 30.0. The molecular weight excluding hydrogens is 565 g/mol. The number of aliphatic carboxylic acids is 1. The Morgan fingerprint density at radius 1 is 1.24 bits per heavy atom. The second-order valence-electron chi connectivity index (χ2n) is 12.8. The highest BCUT2D eigenvalue weighted by Crippen LogP contribution is 2.54. The molecule has 2 aromatic rings. The first-order chi connectivity index (χ1) is 19.9. The molecule has 1 spiro atoms. The maximum Gasteiger partial charge on any atom is 0.310 e. The first-order valence-electron chi connectivity index (χ1n) is 14.7. The number of hydrogen-bond donors (Lipinski definition) is 1. The van der Waals surface area contributed by atoms with Crippen molar-refractivity contribution in [2.24, 2.45) is 23.8 Å². The third kappa shape index (κ3) is 4.83. The van der Waals surface area contributed by atoms with Crippen LogP contribution in [0.3, 0.4) is 0 Å². The van der Waals surface area contributed by atoms with Crippen LogP contribution in [0, 0.1) is 29.5 Å². The molecule has 3 atom stereocenters. The number of halogens is 2. The number of fused-ring (bicyclic) bond motifs is 1. The first kappa shape index (κ1) is 28.9. The molecule has 1 saturated heterocycles. The highest BCUT2D eigenvalue weighted by atomic mass is 35.5. The van der Waals surface area contributed by atoms with Crippen molar-refractivity contribution in [3.05, 3.63) is 39.7 Å². The van der Waals surface area contributed by atoms with Crippen LogP contribution in [0.5, 0.6) is 5.75 Å². The van der Waals surface area contributed by atoms with Gasteiger partial charge in [-0.3, -0.25) is 14.4 Å². The van der Waals surface area contributed by atoms with Crippen LogP contribution in [0.2, 0.25) is 5.02 Å². The number of carbonyl (C=O) groups excluding carboxylic acids is 2. The highest BCUT2D eigenvalue weighted by molar-refractivity contribution is 6.31. The standard InChI is InChI=1S/C30H37ClFN5O5/c1-17-33-34-23(35(17)3)15-42-26-21(32)12-20(31)18-7-11-37(27(39)19-6-4-5-8-29(19,2)28(40)41)22(25(18)26)14-36-16-30(9-10-30)13-24(36)38/h12,19,22H,4-11,13-16H2,1-3H3,(H,40,41)/t19-,22+,29-/m0/s1. The topological polar surface area (TPSA) is 118 Å². The number of carbonyl (C=O) groups is 3. The Kier molecular flexibility index (Phi) is 7.22. The summed E-state index contributed by atoms with van der Waals surface area (Å²) in [5.74, 6) is -1.51. The smallest absolute Gasteiger partial charge is 0.310 e. The van der Waals surface area contributed by atoms with Gasteiger partial charge in [-0.1, -0.05) is 24.4 Å². The molecule has 6 rings (SSSR count). The van der Waals surface area contributed by atoms with Gasteiger partial charge in [-0.15, -0.1) is 10.2 Å². The van der Waals surface area contributed by atoms with E-state index in [0.717, 1.165) is 25.7 Å². The summed E-state index contributed by atoms with van der Waals surface area (Å²) in [7, 11) is 1.79. The number of amides is 2. The number of carboxylic acid groups (broad SMARTS) is 1. The molecule has 1 aromatic carbocycles. The Morgan fingerprint density at radius 3 is 2.64 bits per heavy atom. The van der Waals surface area contributed by atoms with E-state index in [2.05, 4.69) is 10.2 Å². The SMILES string of the molecule is Cc1nnc(COc2c(F)cc(Cl)c3c2[C@@H](CN2CC4(CC4)CC2=O)N(C(=O)[C@@H]2CCCC[C@]2(C)C(=O)O)CC3)n1C. The fraction of sp³-hybridized carbons (Fsp3) is 0.633. The monoisotopic (exact) mass is 601 g/mol. The summed E-state index contributed by atoms with van der Waals surface area (Å²) in [5.41, 5.74) is -0.0927. The molecular formula is C30H37ClFN5O5. The molecule has 2 amide bonds. The van der Waals surface area contributed by atoms with Gasteiger partial charge in [0.15, 0.2) is 17.4 Å². The first-order valence-corrected chi connectivity index (χ1v) is 15.1. The second kappa shape index (κ2) is 10.5. The number of nitrogens with zero attached hydrogens (tertiary/aromatic N) is 5. The van der Waals surface area contributed by atoms with Gasteiger partial charge in [0, 0.05) is 43.7 Å². The number of likely N-dealkylation sites (tertiary alicyclic amines) is 1. The average molecular weight is 602 g/mol. The average Bonchev–Trinajstić information content (AvgIpc) is 3.53. The Balaban J connectivity index is 1.41. The van der Waals surface area contributed by atoms with Crippen LogP contribution >= 0.6 is 11.6 Å². The van der Waals surface area contributed by atoms with Gasteiger partial charge in [0.1, 0.15) is 12.4 Å². The largest absolute Gasteiger partial charge is 0.482 e. The van der Waals surface area contributed by atoms with Crippen molar-refractivity contribution in [3.63, 3.8) is 0 Å². The van der Waals surface area contributed by atoms with E-state index in [-0.39, 0.29) is 47.7 Å². The lowest BCUT2D eigenvalue weighted by atomic mass is 9.66. The van der Waals surface area contributed by atoms with E-state index in [9.17, 15) is 19.5 Å². The molecule has 3 fully saturated rings. The number of carboxylic acids is 1. The lowest BCUT2D eigenvalue weighted by Crippen LogP contribution is -2.52. The van der Waals surface area contributed by atoms with Crippen LogP contribution in [0.4, 0.5) is 4.39 Å². The molecule has 0 radical (unpaired) electrons. The fourth-order valence-corrected chi connectivity index (χ4v) is 7.47. The summed E-state index contributed by atoms with van der Waals surface area (Å²) >= 11 is 6.61. The lowest BCUT2D eigenvalue weighted by molar-refractivity contribution is -0.162. The van der Waals surface area contributed by atoms with Gasteiger partial charge in [-0.25, -0.2) is 4.39 Å². The summed E-state index contributed by atoms with van der Waals surface area (Å²) in [6.45, 7) is 4.43. The Bertz CT molecular complexity index is 1460. The summed E-state index contributed by atoms with van der Waals surface area (Å²) in [6, 6.07) is 0.484. The molecule has 10 nitrogen and oxygen atoms in total.